The molecule has 1 N–H and O–H groups in total. The molecule has 1 aromatic rings. The number of hydrogen-bond donors (Lipinski definition) is 1. The van der Waals surface area contributed by atoms with Gasteiger partial charge in [-0.3, -0.25) is 0 Å². The molecule has 0 radical (unpaired) electrons. The molecule has 1 aromatic carbocycles. The summed E-state index contributed by atoms with van der Waals surface area (Å²) in [5.41, 5.74) is 0.732. The Morgan fingerprint density at radius 3 is 2.82 bits per heavy atom. The predicted octanol–water partition coefficient (Wildman–Crippen LogP) is 2.04. The number of thioether (sulfide) groups is 1. The molecule has 17 heavy (non-hydrogen) atoms. The minimum Gasteiger partial charge on any atom is -0.492 e. The maximum absolute atomic E-state index is 9.27. The third-order valence-electron chi connectivity index (χ3n) is 2.42. The van der Waals surface area contributed by atoms with Crippen LogP contribution in [-0.2, 0) is 6.61 Å². The van der Waals surface area contributed by atoms with Crippen molar-refractivity contribution in [2.24, 2.45) is 0 Å². The third kappa shape index (κ3) is 2.98. The Kier molecular flexibility index (Phi) is 4.39. The van der Waals surface area contributed by atoms with E-state index in [2.05, 4.69) is 6.92 Å². The molecule has 0 spiro atoms. The molecular formula is C12H16O4S. The van der Waals surface area contributed by atoms with Gasteiger partial charge in [-0.25, -0.2) is 0 Å². The van der Waals surface area contributed by atoms with Crippen LogP contribution in [0.25, 0.3) is 0 Å². The summed E-state index contributed by atoms with van der Waals surface area (Å²) in [6, 6.07) is 3.55. The van der Waals surface area contributed by atoms with Crippen molar-refractivity contribution in [3.05, 3.63) is 17.7 Å². The van der Waals surface area contributed by atoms with Gasteiger partial charge in [0.05, 0.1) is 13.2 Å². The van der Waals surface area contributed by atoms with Crippen LogP contribution in [0.3, 0.4) is 0 Å². The topological polar surface area (TPSA) is 47.9 Å². The van der Waals surface area contributed by atoms with Gasteiger partial charge in [0.15, 0.2) is 11.5 Å². The first-order chi connectivity index (χ1) is 8.35. The van der Waals surface area contributed by atoms with Crippen LogP contribution in [-0.4, -0.2) is 30.0 Å². The van der Waals surface area contributed by atoms with Gasteiger partial charge >= 0.3 is 0 Å². The molecule has 0 aliphatic carbocycles. The van der Waals surface area contributed by atoms with Crippen LogP contribution in [0.5, 0.6) is 17.2 Å². The highest BCUT2D eigenvalue weighted by molar-refractivity contribution is 7.99. The lowest BCUT2D eigenvalue weighted by Gasteiger charge is -2.10. The Hall–Kier alpha value is -1.07. The van der Waals surface area contributed by atoms with Crippen LogP contribution < -0.4 is 14.2 Å². The van der Waals surface area contributed by atoms with Gasteiger partial charge in [0.25, 0.3) is 0 Å². The zero-order chi connectivity index (χ0) is 12.1. The molecule has 2 rings (SSSR count). The zero-order valence-electron chi connectivity index (χ0n) is 9.77. The Bertz CT molecular complexity index is 381. The molecular weight excluding hydrogens is 240 g/mol. The Labute approximate surface area is 105 Å². The minimum atomic E-state index is -0.0626. The summed E-state index contributed by atoms with van der Waals surface area (Å²) >= 11 is 1.82. The molecule has 0 amide bonds. The van der Waals surface area contributed by atoms with E-state index < -0.39 is 0 Å². The van der Waals surface area contributed by atoms with Gasteiger partial charge in [-0.1, -0.05) is 6.92 Å². The summed E-state index contributed by atoms with van der Waals surface area (Å²) in [4.78, 5) is 0. The molecule has 1 aliphatic heterocycles. The monoisotopic (exact) mass is 256 g/mol. The molecule has 1 heterocycles. The van der Waals surface area contributed by atoms with Gasteiger partial charge in [0.1, 0.15) is 5.75 Å². The molecule has 0 fully saturated rings. The summed E-state index contributed by atoms with van der Waals surface area (Å²) in [6.45, 7) is 2.91. The van der Waals surface area contributed by atoms with Crippen molar-refractivity contribution < 1.29 is 19.3 Å². The van der Waals surface area contributed by atoms with Crippen LogP contribution in [0, 0.1) is 0 Å². The van der Waals surface area contributed by atoms with Crippen molar-refractivity contribution >= 4 is 11.8 Å². The van der Waals surface area contributed by atoms with E-state index in [0.717, 1.165) is 17.1 Å². The average Bonchev–Trinajstić information content (AvgIpc) is 2.80. The van der Waals surface area contributed by atoms with E-state index in [9.17, 15) is 5.11 Å². The van der Waals surface area contributed by atoms with Gasteiger partial charge in [-0.2, -0.15) is 11.8 Å². The third-order valence-corrected chi connectivity index (χ3v) is 3.28. The highest BCUT2D eigenvalue weighted by Crippen LogP contribution is 2.38. The van der Waals surface area contributed by atoms with Crippen LogP contribution in [0.4, 0.5) is 0 Å². The van der Waals surface area contributed by atoms with E-state index in [-0.39, 0.29) is 13.4 Å². The molecule has 0 saturated heterocycles. The van der Waals surface area contributed by atoms with Crippen LogP contribution >= 0.6 is 11.8 Å². The number of hydrogen-bond acceptors (Lipinski definition) is 5. The molecule has 0 saturated carbocycles. The largest absolute Gasteiger partial charge is 0.492 e. The SMILES string of the molecule is CCSCCOc1cc2c(cc1CO)OCO2. The smallest absolute Gasteiger partial charge is 0.231 e. The average molecular weight is 256 g/mol. The number of fused-ring (bicyclic) bond motifs is 1. The fraction of sp³-hybridized carbons (Fsp3) is 0.500. The van der Waals surface area contributed by atoms with Gasteiger partial charge in [-0.05, 0) is 11.8 Å². The Balaban J connectivity index is 2.04. The Morgan fingerprint density at radius 1 is 1.35 bits per heavy atom. The summed E-state index contributed by atoms with van der Waals surface area (Å²) in [5.74, 6) is 4.05. The summed E-state index contributed by atoms with van der Waals surface area (Å²) < 4.78 is 16.2. The maximum Gasteiger partial charge on any atom is 0.231 e. The normalized spacial score (nSPS) is 12.8. The van der Waals surface area contributed by atoms with Crippen LogP contribution in [0.2, 0.25) is 0 Å². The van der Waals surface area contributed by atoms with Crippen molar-refractivity contribution in [1.29, 1.82) is 0 Å². The van der Waals surface area contributed by atoms with Gasteiger partial charge in [0.2, 0.25) is 6.79 Å². The second kappa shape index (κ2) is 6.02. The van der Waals surface area contributed by atoms with E-state index in [0.29, 0.717) is 23.9 Å². The van der Waals surface area contributed by atoms with Crippen molar-refractivity contribution in [1.82, 2.24) is 0 Å². The lowest BCUT2D eigenvalue weighted by molar-refractivity contribution is 0.173. The number of aliphatic hydroxyl groups is 1. The van der Waals surface area contributed by atoms with E-state index in [1.807, 2.05) is 11.8 Å². The van der Waals surface area contributed by atoms with Crippen LogP contribution in [0.1, 0.15) is 12.5 Å². The lowest BCUT2D eigenvalue weighted by atomic mass is 10.2. The van der Waals surface area contributed by atoms with E-state index in [4.69, 9.17) is 14.2 Å². The fourth-order valence-electron chi connectivity index (χ4n) is 1.58. The highest BCUT2D eigenvalue weighted by Gasteiger charge is 2.17. The van der Waals surface area contributed by atoms with Crippen LogP contribution in [0.15, 0.2) is 12.1 Å². The van der Waals surface area contributed by atoms with E-state index in [1.54, 1.807) is 12.1 Å². The van der Waals surface area contributed by atoms with E-state index in [1.165, 1.54) is 0 Å². The molecule has 0 bridgehead atoms. The van der Waals surface area contributed by atoms with Gasteiger partial charge in [-0.15, -0.1) is 0 Å². The van der Waals surface area contributed by atoms with E-state index >= 15 is 0 Å². The summed E-state index contributed by atoms with van der Waals surface area (Å²) in [6.07, 6.45) is 0. The van der Waals surface area contributed by atoms with Gasteiger partial charge in [0, 0.05) is 17.4 Å². The second-order valence-corrected chi connectivity index (χ2v) is 4.91. The van der Waals surface area contributed by atoms with Crippen molar-refractivity contribution in [3.63, 3.8) is 0 Å². The van der Waals surface area contributed by atoms with Crippen molar-refractivity contribution in [3.8, 4) is 17.2 Å². The van der Waals surface area contributed by atoms with Crippen molar-refractivity contribution in [2.75, 3.05) is 24.9 Å². The molecule has 4 nitrogen and oxygen atoms in total. The fourth-order valence-corrected chi connectivity index (χ4v) is 2.07. The number of benzene rings is 1. The van der Waals surface area contributed by atoms with Gasteiger partial charge < -0.3 is 19.3 Å². The number of aliphatic hydroxyl groups excluding tert-OH is 1. The molecule has 0 atom stereocenters. The number of rotatable bonds is 6. The molecule has 0 aromatic heterocycles. The summed E-state index contributed by atoms with van der Waals surface area (Å²) in [5, 5.41) is 9.27. The van der Waals surface area contributed by atoms with Crippen molar-refractivity contribution in [2.45, 2.75) is 13.5 Å². The lowest BCUT2D eigenvalue weighted by Crippen LogP contribution is -2.03. The molecule has 5 heteroatoms. The molecule has 0 unspecified atom stereocenters. The summed E-state index contributed by atoms with van der Waals surface area (Å²) in [7, 11) is 0. The predicted molar refractivity (Wildman–Crippen MR) is 67.0 cm³/mol. The standard InChI is InChI=1S/C12H16O4S/c1-2-17-4-3-14-10-6-12-11(15-8-16-12)5-9(10)7-13/h5-6,13H,2-4,7-8H2,1H3. The second-order valence-electron chi connectivity index (χ2n) is 3.52. The molecule has 94 valence electrons. The highest BCUT2D eigenvalue weighted by atomic mass is 32.2. The maximum atomic E-state index is 9.27. The zero-order valence-corrected chi connectivity index (χ0v) is 10.6. The minimum absolute atomic E-state index is 0.0626. The quantitative estimate of drug-likeness (QED) is 0.789. The number of ether oxygens (including phenoxy) is 3. The first-order valence-corrected chi connectivity index (χ1v) is 6.74. The first kappa shape index (κ1) is 12.4. The Morgan fingerprint density at radius 2 is 2.12 bits per heavy atom. The first-order valence-electron chi connectivity index (χ1n) is 5.59. The molecule has 1 aliphatic rings.